The van der Waals surface area contributed by atoms with Crippen molar-refractivity contribution < 1.29 is 14.6 Å². The van der Waals surface area contributed by atoms with Crippen molar-refractivity contribution in [1.29, 1.82) is 0 Å². The summed E-state index contributed by atoms with van der Waals surface area (Å²) >= 11 is 0. The number of hydrogen-bond acceptors (Lipinski definition) is 5. The monoisotopic (exact) mass is 278 g/mol. The molecule has 0 spiro atoms. The number of hydrogen-bond donors (Lipinski definition) is 3. The molecular formula is C15H22N2O3. The van der Waals surface area contributed by atoms with Crippen LogP contribution in [0.5, 0.6) is 0 Å². The Kier molecular flexibility index (Phi) is 5.98. The van der Waals surface area contributed by atoms with E-state index in [2.05, 4.69) is 10.6 Å². The van der Waals surface area contributed by atoms with E-state index in [0.29, 0.717) is 19.7 Å². The van der Waals surface area contributed by atoms with E-state index in [1.807, 2.05) is 30.3 Å². The predicted octanol–water partition coefficient (Wildman–Crippen LogP) is 0.290. The van der Waals surface area contributed by atoms with Gasteiger partial charge in [0.25, 0.3) is 0 Å². The maximum absolute atomic E-state index is 11.5. The summed E-state index contributed by atoms with van der Waals surface area (Å²) in [6.45, 7) is 2.75. The van der Waals surface area contributed by atoms with E-state index >= 15 is 0 Å². The molecule has 1 aliphatic heterocycles. The van der Waals surface area contributed by atoms with E-state index in [9.17, 15) is 9.90 Å². The first-order valence-corrected chi connectivity index (χ1v) is 7.05. The highest BCUT2D eigenvalue weighted by atomic mass is 16.5. The van der Waals surface area contributed by atoms with Crippen molar-refractivity contribution in [3.05, 3.63) is 35.9 Å². The Bertz CT molecular complexity index is 411. The zero-order valence-electron chi connectivity index (χ0n) is 11.5. The molecule has 1 aromatic rings. The number of β-amino-alcohol motifs (C(OH)–C–C–N with tert-alkyl or cyclic N) is 1. The molecule has 1 saturated heterocycles. The lowest BCUT2D eigenvalue weighted by molar-refractivity contribution is -0.143. The van der Waals surface area contributed by atoms with Crippen molar-refractivity contribution in [2.45, 2.75) is 19.1 Å². The van der Waals surface area contributed by atoms with Gasteiger partial charge in [0, 0.05) is 13.1 Å². The first-order valence-electron chi connectivity index (χ1n) is 7.05. The van der Waals surface area contributed by atoms with Crippen LogP contribution in [0.25, 0.3) is 0 Å². The van der Waals surface area contributed by atoms with Crippen molar-refractivity contribution in [3.63, 3.8) is 0 Å². The Hall–Kier alpha value is -1.43. The van der Waals surface area contributed by atoms with Gasteiger partial charge >= 0.3 is 5.97 Å². The summed E-state index contributed by atoms with van der Waals surface area (Å²) in [6.07, 6.45) is 0.599. The van der Waals surface area contributed by atoms with Crippen LogP contribution in [0.3, 0.4) is 0 Å². The van der Waals surface area contributed by atoms with Gasteiger partial charge in [0.15, 0.2) is 0 Å². The zero-order valence-corrected chi connectivity index (χ0v) is 11.5. The largest absolute Gasteiger partial charge is 0.460 e. The molecule has 0 radical (unpaired) electrons. The summed E-state index contributed by atoms with van der Waals surface area (Å²) < 4.78 is 5.16. The fourth-order valence-electron chi connectivity index (χ4n) is 2.28. The molecule has 5 heteroatoms. The number of rotatable bonds is 7. The predicted molar refractivity (Wildman–Crippen MR) is 76.1 cm³/mol. The van der Waals surface area contributed by atoms with E-state index in [4.69, 9.17) is 4.74 Å². The average molecular weight is 278 g/mol. The van der Waals surface area contributed by atoms with Crippen molar-refractivity contribution in [2.75, 3.05) is 26.2 Å². The molecule has 0 aliphatic carbocycles. The smallest absolute Gasteiger partial charge is 0.320 e. The number of aliphatic hydroxyl groups excluding tert-OH is 1. The van der Waals surface area contributed by atoms with Gasteiger partial charge in [0.1, 0.15) is 6.61 Å². The van der Waals surface area contributed by atoms with E-state index in [-0.39, 0.29) is 24.5 Å². The second-order valence-corrected chi connectivity index (χ2v) is 5.10. The van der Waals surface area contributed by atoms with E-state index in [0.717, 1.165) is 18.5 Å². The summed E-state index contributed by atoms with van der Waals surface area (Å²) in [5.74, 6) is 0.0294. The number of ether oxygens (including phenoxy) is 1. The lowest BCUT2D eigenvalue weighted by Crippen LogP contribution is -2.29. The number of benzene rings is 1. The van der Waals surface area contributed by atoms with E-state index in [1.54, 1.807) is 0 Å². The topological polar surface area (TPSA) is 70.6 Å². The van der Waals surface area contributed by atoms with Gasteiger partial charge < -0.3 is 20.5 Å². The second-order valence-electron chi connectivity index (χ2n) is 5.10. The minimum absolute atomic E-state index is 0.211. The summed E-state index contributed by atoms with van der Waals surface area (Å²) in [5, 5.41) is 15.8. The van der Waals surface area contributed by atoms with Crippen LogP contribution in [0.1, 0.15) is 12.0 Å². The maximum atomic E-state index is 11.5. The Morgan fingerprint density at radius 1 is 1.35 bits per heavy atom. The first-order chi connectivity index (χ1) is 9.75. The normalized spacial score (nSPS) is 21.9. The maximum Gasteiger partial charge on any atom is 0.320 e. The number of aliphatic hydroxyl groups is 1. The highest BCUT2D eigenvalue weighted by Gasteiger charge is 2.23. The molecular weight excluding hydrogens is 256 g/mol. The Morgan fingerprint density at radius 3 is 2.85 bits per heavy atom. The molecule has 110 valence electrons. The fourth-order valence-corrected chi connectivity index (χ4v) is 2.28. The molecule has 5 nitrogen and oxygen atoms in total. The molecule has 3 N–H and O–H groups in total. The number of carbonyl (C=O) groups excluding carboxylic acids is 1. The number of nitrogens with one attached hydrogen (secondary N) is 2. The first kappa shape index (κ1) is 15.0. The van der Waals surface area contributed by atoms with Crippen LogP contribution in [0.4, 0.5) is 0 Å². The molecule has 0 saturated carbocycles. The van der Waals surface area contributed by atoms with Gasteiger partial charge in [0.2, 0.25) is 0 Å². The fraction of sp³-hybridized carbons (Fsp3) is 0.533. The lowest BCUT2D eigenvalue weighted by atomic mass is 10.0. The van der Waals surface area contributed by atoms with Crippen molar-refractivity contribution in [1.82, 2.24) is 10.6 Å². The third kappa shape index (κ3) is 4.92. The molecule has 0 aromatic heterocycles. The van der Waals surface area contributed by atoms with Crippen molar-refractivity contribution >= 4 is 5.97 Å². The molecule has 1 fully saturated rings. The highest BCUT2D eigenvalue weighted by Crippen LogP contribution is 2.11. The van der Waals surface area contributed by atoms with Crippen LogP contribution in [-0.4, -0.2) is 43.4 Å². The minimum atomic E-state index is -0.262. The third-order valence-corrected chi connectivity index (χ3v) is 3.51. The van der Waals surface area contributed by atoms with Crippen LogP contribution in [-0.2, 0) is 16.1 Å². The molecule has 0 unspecified atom stereocenters. The van der Waals surface area contributed by atoms with Gasteiger partial charge in [-0.05, 0) is 24.4 Å². The summed E-state index contributed by atoms with van der Waals surface area (Å²) in [7, 11) is 0. The zero-order chi connectivity index (χ0) is 14.2. The van der Waals surface area contributed by atoms with Crippen LogP contribution in [0.2, 0.25) is 0 Å². The molecule has 0 bridgehead atoms. The van der Waals surface area contributed by atoms with E-state index < -0.39 is 0 Å². The molecule has 20 heavy (non-hydrogen) atoms. The van der Waals surface area contributed by atoms with Crippen molar-refractivity contribution in [3.8, 4) is 0 Å². The third-order valence-electron chi connectivity index (χ3n) is 3.51. The van der Waals surface area contributed by atoms with Crippen LogP contribution in [0.15, 0.2) is 30.3 Å². The van der Waals surface area contributed by atoms with Gasteiger partial charge in [-0.15, -0.1) is 0 Å². The van der Waals surface area contributed by atoms with Gasteiger partial charge in [-0.25, -0.2) is 0 Å². The lowest BCUT2D eigenvalue weighted by Gasteiger charge is -2.13. The average Bonchev–Trinajstić information content (AvgIpc) is 2.88. The van der Waals surface area contributed by atoms with Crippen molar-refractivity contribution in [2.24, 2.45) is 5.92 Å². The molecule has 0 amide bonds. The number of esters is 1. The quantitative estimate of drug-likeness (QED) is 0.494. The highest BCUT2D eigenvalue weighted by molar-refractivity contribution is 5.71. The summed E-state index contributed by atoms with van der Waals surface area (Å²) in [5.41, 5.74) is 0.987. The Labute approximate surface area is 119 Å². The Balaban J connectivity index is 1.54. The van der Waals surface area contributed by atoms with Gasteiger partial charge in [-0.2, -0.15) is 0 Å². The van der Waals surface area contributed by atoms with Gasteiger partial charge in [0.05, 0.1) is 12.6 Å². The number of carbonyl (C=O) groups is 1. The van der Waals surface area contributed by atoms with Gasteiger partial charge in [-0.3, -0.25) is 4.79 Å². The molecule has 1 heterocycles. The van der Waals surface area contributed by atoms with Crippen LogP contribution >= 0.6 is 0 Å². The SMILES string of the molecule is O=C(CNCC[C@H]1CNC[C@@H]1O)OCc1ccccc1. The Morgan fingerprint density at radius 2 is 2.15 bits per heavy atom. The van der Waals surface area contributed by atoms with Crippen LogP contribution in [0, 0.1) is 5.92 Å². The minimum Gasteiger partial charge on any atom is -0.460 e. The molecule has 2 rings (SSSR count). The molecule has 1 aliphatic rings. The summed E-state index contributed by atoms with van der Waals surface area (Å²) in [4.78, 5) is 11.5. The standard InChI is InChI=1S/C15H22N2O3/c18-14-9-17-8-13(14)6-7-16-10-15(19)20-11-12-4-2-1-3-5-12/h1-5,13-14,16-18H,6-11H2/t13-,14-/m0/s1. The molecule has 2 atom stereocenters. The van der Waals surface area contributed by atoms with E-state index in [1.165, 1.54) is 0 Å². The van der Waals surface area contributed by atoms with Gasteiger partial charge in [-0.1, -0.05) is 30.3 Å². The molecule has 1 aromatic carbocycles. The summed E-state index contributed by atoms with van der Waals surface area (Å²) in [6, 6.07) is 9.62. The second kappa shape index (κ2) is 7.99. The van der Waals surface area contributed by atoms with Crippen LogP contribution < -0.4 is 10.6 Å².